The molecule has 1 heterocycles. The van der Waals surface area contributed by atoms with Gasteiger partial charge in [-0.25, -0.2) is 4.79 Å². The van der Waals surface area contributed by atoms with Crippen molar-refractivity contribution in [2.75, 3.05) is 27.4 Å². The van der Waals surface area contributed by atoms with Crippen LogP contribution in [-0.4, -0.2) is 61.4 Å². The number of ether oxygens (including phenoxy) is 2. The molecule has 114 valence electrons. The molecule has 0 aromatic heterocycles. The van der Waals surface area contributed by atoms with Crippen molar-refractivity contribution in [3.63, 3.8) is 0 Å². The summed E-state index contributed by atoms with van der Waals surface area (Å²) in [7, 11) is 3.23. The molecule has 1 aliphatic rings. The lowest BCUT2D eigenvalue weighted by Crippen LogP contribution is -2.38. The van der Waals surface area contributed by atoms with E-state index in [1.807, 2.05) is 0 Å². The average molecular weight is 293 g/mol. The van der Waals surface area contributed by atoms with E-state index in [0.717, 1.165) is 6.42 Å². The van der Waals surface area contributed by atoms with Crippen LogP contribution in [0.5, 0.6) is 0 Å². The van der Waals surface area contributed by atoms with E-state index in [1.54, 1.807) is 19.1 Å². The zero-order valence-corrected chi connectivity index (χ0v) is 12.1. The number of carboxylic acid groups (broad SMARTS) is 1. The van der Waals surface area contributed by atoms with E-state index >= 15 is 0 Å². The van der Waals surface area contributed by atoms with E-state index in [2.05, 4.69) is 0 Å². The van der Waals surface area contributed by atoms with Crippen molar-refractivity contribution >= 4 is 11.9 Å². The van der Waals surface area contributed by atoms with Gasteiger partial charge < -0.3 is 19.5 Å². The monoisotopic (exact) mass is 293 g/mol. The van der Waals surface area contributed by atoms with Gasteiger partial charge in [0, 0.05) is 26.3 Å². The highest BCUT2D eigenvalue weighted by Crippen LogP contribution is 2.22. The van der Waals surface area contributed by atoms with Crippen molar-refractivity contribution in [3.05, 3.63) is 35.4 Å². The van der Waals surface area contributed by atoms with Gasteiger partial charge >= 0.3 is 5.97 Å². The quantitative estimate of drug-likeness (QED) is 0.884. The van der Waals surface area contributed by atoms with Crippen LogP contribution in [0.3, 0.4) is 0 Å². The van der Waals surface area contributed by atoms with Gasteiger partial charge in [0.1, 0.15) is 0 Å². The molecule has 6 heteroatoms. The van der Waals surface area contributed by atoms with Crippen LogP contribution in [0.15, 0.2) is 24.3 Å². The summed E-state index contributed by atoms with van der Waals surface area (Å²) in [5.41, 5.74) is 0.633. The molecular formula is C15H19NO5. The predicted molar refractivity (Wildman–Crippen MR) is 75.5 cm³/mol. The first-order chi connectivity index (χ1) is 10.1. The first-order valence-electron chi connectivity index (χ1n) is 6.73. The maximum Gasteiger partial charge on any atom is 0.335 e. The Morgan fingerprint density at radius 3 is 2.38 bits per heavy atom. The molecule has 1 aromatic carbocycles. The first kappa shape index (κ1) is 15.5. The van der Waals surface area contributed by atoms with Crippen molar-refractivity contribution in [1.29, 1.82) is 0 Å². The second-order valence-corrected chi connectivity index (χ2v) is 5.04. The second kappa shape index (κ2) is 6.69. The number of rotatable bonds is 5. The molecule has 2 atom stereocenters. The fraction of sp³-hybridized carbons (Fsp3) is 0.467. The van der Waals surface area contributed by atoms with Gasteiger partial charge in [-0.3, -0.25) is 4.79 Å². The smallest absolute Gasteiger partial charge is 0.335 e. The summed E-state index contributed by atoms with van der Waals surface area (Å²) in [6.07, 6.45) is 0.746. The zero-order chi connectivity index (χ0) is 15.4. The van der Waals surface area contributed by atoms with E-state index < -0.39 is 5.97 Å². The molecule has 0 radical (unpaired) electrons. The molecular weight excluding hydrogens is 274 g/mol. The van der Waals surface area contributed by atoms with E-state index in [0.29, 0.717) is 18.7 Å². The Morgan fingerprint density at radius 1 is 1.24 bits per heavy atom. The Bertz CT molecular complexity index is 513. The summed E-state index contributed by atoms with van der Waals surface area (Å²) in [5.74, 6) is -1.14. The Morgan fingerprint density at radius 2 is 1.86 bits per heavy atom. The highest BCUT2D eigenvalue weighted by molar-refractivity contribution is 5.96. The van der Waals surface area contributed by atoms with Gasteiger partial charge in [0.05, 0.1) is 24.3 Å². The molecule has 1 fully saturated rings. The van der Waals surface area contributed by atoms with Crippen LogP contribution >= 0.6 is 0 Å². The fourth-order valence-electron chi connectivity index (χ4n) is 2.56. The summed E-state index contributed by atoms with van der Waals surface area (Å²) in [5, 5.41) is 8.88. The Balaban J connectivity index is 2.15. The maximum atomic E-state index is 12.5. The molecule has 6 nitrogen and oxygen atoms in total. The number of likely N-dealkylation sites (tertiary alicyclic amines) is 1. The fourth-order valence-corrected chi connectivity index (χ4v) is 2.56. The third-order valence-corrected chi connectivity index (χ3v) is 3.71. The number of carbonyl (C=O) groups is 2. The molecule has 1 N–H and O–H groups in total. The second-order valence-electron chi connectivity index (χ2n) is 5.04. The summed E-state index contributed by atoms with van der Waals surface area (Å²) >= 11 is 0. The van der Waals surface area contributed by atoms with Gasteiger partial charge in [-0.05, 0) is 30.7 Å². The minimum atomic E-state index is -1.01. The molecule has 0 spiro atoms. The number of hydrogen-bond donors (Lipinski definition) is 1. The lowest BCUT2D eigenvalue weighted by Gasteiger charge is -2.23. The van der Waals surface area contributed by atoms with Crippen molar-refractivity contribution in [3.8, 4) is 0 Å². The van der Waals surface area contributed by atoms with E-state index in [9.17, 15) is 9.59 Å². The minimum absolute atomic E-state index is 0.00685. The van der Waals surface area contributed by atoms with Crippen LogP contribution in [0.25, 0.3) is 0 Å². The van der Waals surface area contributed by atoms with Gasteiger partial charge in [-0.1, -0.05) is 0 Å². The molecule has 1 aliphatic heterocycles. The SMILES string of the molecule is COC[C@@H]1C[C@H](OC)CN1C(=O)c1ccc(C(=O)O)cc1. The van der Waals surface area contributed by atoms with Crippen LogP contribution in [-0.2, 0) is 9.47 Å². The molecule has 0 saturated carbocycles. The van der Waals surface area contributed by atoms with Gasteiger partial charge in [0.15, 0.2) is 0 Å². The van der Waals surface area contributed by atoms with Crippen LogP contribution in [0.1, 0.15) is 27.1 Å². The lowest BCUT2D eigenvalue weighted by molar-refractivity contribution is 0.0610. The molecule has 1 amide bonds. The number of nitrogens with zero attached hydrogens (tertiary/aromatic N) is 1. The molecule has 2 rings (SSSR count). The highest BCUT2D eigenvalue weighted by atomic mass is 16.5. The molecule has 0 unspecified atom stereocenters. The number of methoxy groups -OCH3 is 2. The van der Waals surface area contributed by atoms with Crippen LogP contribution < -0.4 is 0 Å². The van der Waals surface area contributed by atoms with Crippen LogP contribution in [0.4, 0.5) is 0 Å². The average Bonchev–Trinajstić information content (AvgIpc) is 2.90. The van der Waals surface area contributed by atoms with Gasteiger partial charge in [-0.2, -0.15) is 0 Å². The minimum Gasteiger partial charge on any atom is -0.478 e. The third kappa shape index (κ3) is 3.40. The topological polar surface area (TPSA) is 76.1 Å². The van der Waals surface area contributed by atoms with Crippen LogP contribution in [0, 0.1) is 0 Å². The normalized spacial score (nSPS) is 21.5. The summed E-state index contributed by atoms with van der Waals surface area (Å²) < 4.78 is 10.5. The van der Waals surface area contributed by atoms with Crippen molar-refractivity contribution in [2.24, 2.45) is 0 Å². The number of amides is 1. The van der Waals surface area contributed by atoms with E-state index in [1.165, 1.54) is 24.3 Å². The molecule has 1 aromatic rings. The Kier molecular flexibility index (Phi) is 4.93. The van der Waals surface area contributed by atoms with E-state index in [-0.39, 0.29) is 23.6 Å². The highest BCUT2D eigenvalue weighted by Gasteiger charge is 2.35. The summed E-state index contributed by atoms with van der Waals surface area (Å²) in [4.78, 5) is 25.1. The van der Waals surface area contributed by atoms with Gasteiger partial charge in [0.2, 0.25) is 0 Å². The molecule has 1 saturated heterocycles. The molecule has 0 aliphatic carbocycles. The van der Waals surface area contributed by atoms with Crippen molar-refractivity contribution < 1.29 is 24.2 Å². The number of benzene rings is 1. The molecule has 21 heavy (non-hydrogen) atoms. The number of aromatic carboxylic acids is 1. The van der Waals surface area contributed by atoms with Crippen molar-refractivity contribution in [1.82, 2.24) is 4.90 Å². The van der Waals surface area contributed by atoms with Crippen molar-refractivity contribution in [2.45, 2.75) is 18.6 Å². The summed E-state index contributed by atoms with van der Waals surface area (Å²) in [6.45, 7) is 0.975. The zero-order valence-electron chi connectivity index (χ0n) is 12.1. The van der Waals surface area contributed by atoms with Crippen LogP contribution in [0.2, 0.25) is 0 Å². The summed E-state index contributed by atoms with van der Waals surface area (Å²) in [6, 6.07) is 5.92. The number of hydrogen-bond acceptors (Lipinski definition) is 4. The Hall–Kier alpha value is -1.92. The standard InChI is InChI=1S/C15H19NO5/c1-20-9-12-7-13(21-2)8-16(12)14(17)10-3-5-11(6-4-10)15(18)19/h3-6,12-13H,7-9H2,1-2H3,(H,18,19)/t12-,13-/m0/s1. The first-order valence-corrected chi connectivity index (χ1v) is 6.73. The Labute approximate surface area is 123 Å². The molecule has 0 bridgehead atoms. The maximum absolute atomic E-state index is 12.5. The number of carbonyl (C=O) groups excluding carboxylic acids is 1. The van der Waals surface area contributed by atoms with E-state index in [4.69, 9.17) is 14.6 Å². The largest absolute Gasteiger partial charge is 0.478 e. The number of carboxylic acids is 1. The van der Waals surface area contributed by atoms with Gasteiger partial charge in [0.25, 0.3) is 5.91 Å². The van der Waals surface area contributed by atoms with Gasteiger partial charge in [-0.15, -0.1) is 0 Å². The predicted octanol–water partition coefficient (Wildman–Crippen LogP) is 1.26. The lowest BCUT2D eigenvalue weighted by atomic mass is 10.1. The third-order valence-electron chi connectivity index (χ3n) is 3.71.